The molecule has 0 aromatic heterocycles. The van der Waals surface area contributed by atoms with E-state index in [4.69, 9.17) is 10.5 Å². The van der Waals surface area contributed by atoms with Crippen molar-refractivity contribution < 1.29 is 4.74 Å². The molecule has 2 rings (SSSR count). The molecular weight excluding hydrogens is 202 g/mol. The highest BCUT2D eigenvalue weighted by Crippen LogP contribution is 2.23. The van der Waals surface area contributed by atoms with Crippen LogP contribution in [0.4, 0.5) is 0 Å². The summed E-state index contributed by atoms with van der Waals surface area (Å²) >= 11 is 0. The maximum atomic E-state index is 5.97. The van der Waals surface area contributed by atoms with Crippen LogP contribution in [0, 0.1) is 5.92 Å². The van der Waals surface area contributed by atoms with Gasteiger partial charge in [-0.25, -0.2) is 0 Å². The molecule has 4 nitrogen and oxygen atoms in total. The van der Waals surface area contributed by atoms with E-state index in [1.165, 1.54) is 39.0 Å². The largest absolute Gasteiger partial charge is 0.381 e. The lowest BCUT2D eigenvalue weighted by Crippen LogP contribution is -2.54. The van der Waals surface area contributed by atoms with Crippen molar-refractivity contribution in [2.24, 2.45) is 11.7 Å². The number of nitrogens with zero attached hydrogens (tertiary/aromatic N) is 2. The Kier molecular flexibility index (Phi) is 4.58. The number of hydrogen-bond donors (Lipinski definition) is 1. The Bertz CT molecular complexity index is 198. The molecule has 2 fully saturated rings. The molecule has 0 aliphatic carbocycles. The fourth-order valence-corrected chi connectivity index (χ4v) is 2.89. The van der Waals surface area contributed by atoms with E-state index >= 15 is 0 Å². The third kappa shape index (κ3) is 2.94. The van der Waals surface area contributed by atoms with Crippen LogP contribution >= 0.6 is 0 Å². The van der Waals surface area contributed by atoms with E-state index in [1.807, 2.05) is 0 Å². The predicted octanol–water partition coefficient (Wildman–Crippen LogP) is -0.0123. The topological polar surface area (TPSA) is 41.7 Å². The molecule has 0 amide bonds. The van der Waals surface area contributed by atoms with Crippen molar-refractivity contribution in [3.05, 3.63) is 0 Å². The van der Waals surface area contributed by atoms with E-state index in [9.17, 15) is 0 Å². The van der Waals surface area contributed by atoms with Crippen molar-refractivity contribution in [1.82, 2.24) is 9.80 Å². The molecule has 0 aromatic carbocycles. The highest BCUT2D eigenvalue weighted by atomic mass is 16.5. The van der Waals surface area contributed by atoms with Gasteiger partial charge in [0.15, 0.2) is 0 Å². The van der Waals surface area contributed by atoms with E-state index < -0.39 is 0 Å². The van der Waals surface area contributed by atoms with E-state index in [2.05, 4.69) is 16.8 Å². The van der Waals surface area contributed by atoms with Gasteiger partial charge in [0.1, 0.15) is 0 Å². The van der Waals surface area contributed by atoms with Crippen LogP contribution in [0.2, 0.25) is 0 Å². The molecular formula is C12H25N3O. The van der Waals surface area contributed by atoms with Crippen molar-refractivity contribution >= 4 is 0 Å². The maximum Gasteiger partial charge on any atom is 0.0469 e. The van der Waals surface area contributed by atoms with Gasteiger partial charge in [0.05, 0.1) is 0 Å². The lowest BCUT2D eigenvalue weighted by molar-refractivity contribution is 0.0150. The second-order valence-electron chi connectivity index (χ2n) is 5.09. The van der Waals surface area contributed by atoms with Gasteiger partial charge in [-0.2, -0.15) is 0 Å². The SMILES string of the molecule is CN1CCN(C(CN)C2CCOCC2)CC1. The predicted molar refractivity (Wildman–Crippen MR) is 65.5 cm³/mol. The quantitative estimate of drug-likeness (QED) is 0.736. The number of piperazine rings is 1. The molecule has 2 aliphatic rings. The zero-order chi connectivity index (χ0) is 11.4. The first kappa shape index (κ1) is 12.3. The zero-order valence-electron chi connectivity index (χ0n) is 10.4. The van der Waals surface area contributed by atoms with Crippen LogP contribution in [-0.2, 0) is 4.74 Å². The Morgan fingerprint density at radius 3 is 2.38 bits per heavy atom. The average molecular weight is 227 g/mol. The zero-order valence-corrected chi connectivity index (χ0v) is 10.4. The van der Waals surface area contributed by atoms with E-state index in [-0.39, 0.29) is 0 Å². The summed E-state index contributed by atoms with van der Waals surface area (Å²) < 4.78 is 5.43. The number of likely N-dealkylation sites (N-methyl/N-ethyl adjacent to an activating group) is 1. The molecule has 2 heterocycles. The standard InChI is InChI=1S/C12H25N3O/c1-14-4-6-15(7-5-14)12(10-13)11-2-8-16-9-3-11/h11-12H,2-10,13H2,1H3. The summed E-state index contributed by atoms with van der Waals surface area (Å²) in [4.78, 5) is 4.99. The highest BCUT2D eigenvalue weighted by molar-refractivity contribution is 4.84. The van der Waals surface area contributed by atoms with Crippen LogP contribution in [0.15, 0.2) is 0 Å². The monoisotopic (exact) mass is 227 g/mol. The summed E-state index contributed by atoms with van der Waals surface area (Å²) in [6.45, 7) is 7.36. The molecule has 94 valence electrons. The summed E-state index contributed by atoms with van der Waals surface area (Å²) in [5, 5.41) is 0. The Labute approximate surface area is 98.7 Å². The smallest absolute Gasteiger partial charge is 0.0469 e. The van der Waals surface area contributed by atoms with Crippen LogP contribution < -0.4 is 5.73 Å². The third-order valence-corrected chi connectivity index (χ3v) is 4.06. The van der Waals surface area contributed by atoms with Crippen LogP contribution in [0.25, 0.3) is 0 Å². The molecule has 0 saturated carbocycles. The molecule has 0 bridgehead atoms. The number of hydrogen-bond acceptors (Lipinski definition) is 4. The minimum Gasteiger partial charge on any atom is -0.381 e. The first-order valence-electron chi connectivity index (χ1n) is 6.51. The average Bonchev–Trinajstić information content (AvgIpc) is 2.34. The molecule has 2 N–H and O–H groups in total. The summed E-state index contributed by atoms with van der Waals surface area (Å²) in [6, 6.07) is 0.581. The molecule has 0 radical (unpaired) electrons. The third-order valence-electron chi connectivity index (χ3n) is 4.06. The number of rotatable bonds is 3. The molecule has 16 heavy (non-hydrogen) atoms. The van der Waals surface area contributed by atoms with Gasteiger partial charge in [-0.3, -0.25) is 4.90 Å². The normalized spacial score (nSPS) is 28.1. The van der Waals surface area contributed by atoms with Crippen LogP contribution in [-0.4, -0.2) is 68.8 Å². The lowest BCUT2D eigenvalue weighted by atomic mass is 9.90. The first-order valence-corrected chi connectivity index (χ1v) is 6.51. The second-order valence-corrected chi connectivity index (χ2v) is 5.09. The van der Waals surface area contributed by atoms with Gasteiger partial charge in [0, 0.05) is 52.0 Å². The van der Waals surface area contributed by atoms with Gasteiger partial charge in [-0.1, -0.05) is 0 Å². The fraction of sp³-hybridized carbons (Fsp3) is 1.00. The fourth-order valence-electron chi connectivity index (χ4n) is 2.89. The van der Waals surface area contributed by atoms with Gasteiger partial charge in [-0.05, 0) is 25.8 Å². The Morgan fingerprint density at radius 2 is 1.81 bits per heavy atom. The van der Waals surface area contributed by atoms with Crippen molar-refractivity contribution in [2.45, 2.75) is 18.9 Å². The van der Waals surface area contributed by atoms with Gasteiger partial charge in [0.2, 0.25) is 0 Å². The molecule has 0 aromatic rings. The van der Waals surface area contributed by atoms with E-state index in [0.717, 1.165) is 25.7 Å². The number of ether oxygens (including phenoxy) is 1. The van der Waals surface area contributed by atoms with Crippen molar-refractivity contribution in [3.63, 3.8) is 0 Å². The summed E-state index contributed by atoms with van der Waals surface area (Å²) in [5.41, 5.74) is 5.97. The summed E-state index contributed by atoms with van der Waals surface area (Å²) in [7, 11) is 2.20. The Balaban J connectivity index is 1.88. The molecule has 1 unspecified atom stereocenters. The van der Waals surface area contributed by atoms with Gasteiger partial charge < -0.3 is 15.4 Å². The summed E-state index contributed by atoms with van der Waals surface area (Å²) in [6.07, 6.45) is 2.38. The van der Waals surface area contributed by atoms with Crippen molar-refractivity contribution in [1.29, 1.82) is 0 Å². The molecule has 2 saturated heterocycles. The summed E-state index contributed by atoms with van der Waals surface area (Å²) in [5.74, 6) is 0.752. The van der Waals surface area contributed by atoms with Crippen LogP contribution in [0.3, 0.4) is 0 Å². The first-order chi connectivity index (χ1) is 7.81. The Hall–Kier alpha value is -0.160. The van der Waals surface area contributed by atoms with Crippen LogP contribution in [0.5, 0.6) is 0 Å². The van der Waals surface area contributed by atoms with E-state index in [0.29, 0.717) is 6.04 Å². The second kappa shape index (κ2) is 5.96. The highest BCUT2D eigenvalue weighted by Gasteiger charge is 2.29. The minimum atomic E-state index is 0.581. The molecule has 4 heteroatoms. The van der Waals surface area contributed by atoms with Crippen molar-refractivity contribution in [3.8, 4) is 0 Å². The number of nitrogens with two attached hydrogens (primary N) is 1. The minimum absolute atomic E-state index is 0.581. The molecule has 0 spiro atoms. The van der Waals surface area contributed by atoms with E-state index in [1.54, 1.807) is 0 Å². The van der Waals surface area contributed by atoms with Gasteiger partial charge in [0.25, 0.3) is 0 Å². The van der Waals surface area contributed by atoms with Gasteiger partial charge >= 0.3 is 0 Å². The maximum absolute atomic E-state index is 5.97. The van der Waals surface area contributed by atoms with Crippen LogP contribution in [0.1, 0.15) is 12.8 Å². The Morgan fingerprint density at radius 1 is 1.19 bits per heavy atom. The van der Waals surface area contributed by atoms with Gasteiger partial charge in [-0.15, -0.1) is 0 Å². The molecule has 1 atom stereocenters. The molecule has 2 aliphatic heterocycles. The lowest BCUT2D eigenvalue weighted by Gasteiger charge is -2.42. The van der Waals surface area contributed by atoms with Crippen molar-refractivity contribution in [2.75, 3.05) is 53.0 Å².